The lowest BCUT2D eigenvalue weighted by Gasteiger charge is -2.24. The van der Waals surface area contributed by atoms with Crippen LogP contribution >= 0.6 is 0 Å². The lowest BCUT2D eigenvalue weighted by molar-refractivity contribution is 0.0934. The molecule has 0 unspecified atom stereocenters. The Morgan fingerprint density at radius 2 is 2.11 bits per heavy atom. The molecule has 0 fully saturated rings. The second-order valence-electron chi connectivity index (χ2n) is 5.34. The summed E-state index contributed by atoms with van der Waals surface area (Å²) < 4.78 is 0. The van der Waals surface area contributed by atoms with E-state index >= 15 is 0 Å². The van der Waals surface area contributed by atoms with Gasteiger partial charge in [0.15, 0.2) is 0 Å². The number of hydrogen-bond acceptors (Lipinski definition) is 3. The van der Waals surface area contributed by atoms with Gasteiger partial charge in [0.25, 0.3) is 5.91 Å². The number of carbonyl (C=O) groups excluding carboxylic acids is 1. The highest BCUT2D eigenvalue weighted by molar-refractivity contribution is 5.96. The van der Waals surface area contributed by atoms with Crippen molar-refractivity contribution in [3.8, 4) is 5.75 Å². The first kappa shape index (κ1) is 14.5. The van der Waals surface area contributed by atoms with E-state index in [2.05, 4.69) is 19.2 Å². The monoisotopic (exact) mass is 250 g/mol. The number of benzene rings is 1. The number of amides is 1. The van der Waals surface area contributed by atoms with E-state index in [1.807, 2.05) is 0 Å². The molecule has 100 valence electrons. The quantitative estimate of drug-likeness (QED) is 0.746. The Labute approximate surface area is 108 Å². The third-order valence-electron chi connectivity index (χ3n) is 3.10. The first-order valence-corrected chi connectivity index (χ1v) is 6.14. The minimum Gasteiger partial charge on any atom is -0.508 e. The fourth-order valence-corrected chi connectivity index (χ4v) is 1.76. The zero-order valence-electron chi connectivity index (χ0n) is 11.3. The molecular formula is C14H22N2O2. The molecule has 1 amide bonds. The molecule has 4 N–H and O–H groups in total. The van der Waals surface area contributed by atoms with Gasteiger partial charge in [-0.05, 0) is 37.4 Å². The molecule has 18 heavy (non-hydrogen) atoms. The Morgan fingerprint density at radius 1 is 1.44 bits per heavy atom. The summed E-state index contributed by atoms with van der Waals surface area (Å²) in [6.45, 7) is 7.03. The van der Waals surface area contributed by atoms with Crippen molar-refractivity contribution >= 4 is 5.91 Å². The Balaban J connectivity index is 2.69. The summed E-state index contributed by atoms with van der Waals surface area (Å²) in [6.07, 6.45) is 0.853. The molecule has 0 radical (unpaired) electrons. The topological polar surface area (TPSA) is 75.3 Å². The van der Waals surface area contributed by atoms with Crippen LogP contribution < -0.4 is 11.1 Å². The molecule has 1 aromatic carbocycles. The number of hydrogen-bond donors (Lipinski definition) is 3. The van der Waals surface area contributed by atoms with Crippen LogP contribution in [0.2, 0.25) is 0 Å². The van der Waals surface area contributed by atoms with Gasteiger partial charge in [-0.25, -0.2) is 0 Å². The maximum Gasteiger partial charge on any atom is 0.251 e. The van der Waals surface area contributed by atoms with Gasteiger partial charge in [0, 0.05) is 17.7 Å². The first-order valence-electron chi connectivity index (χ1n) is 6.14. The van der Waals surface area contributed by atoms with Crippen LogP contribution in [0.4, 0.5) is 0 Å². The summed E-state index contributed by atoms with van der Waals surface area (Å²) in [5.74, 6) is -0.0163. The Bertz CT molecular complexity index is 428. The number of carbonyl (C=O) groups is 1. The average Bonchev–Trinajstić information content (AvgIpc) is 2.30. The highest BCUT2D eigenvalue weighted by Gasteiger charge is 2.19. The first-order chi connectivity index (χ1) is 8.37. The lowest BCUT2D eigenvalue weighted by atomic mass is 9.89. The Hall–Kier alpha value is -1.55. The van der Waals surface area contributed by atoms with E-state index in [1.165, 1.54) is 0 Å². The summed E-state index contributed by atoms with van der Waals surface area (Å²) in [6, 6.07) is 4.95. The van der Waals surface area contributed by atoms with Crippen molar-refractivity contribution in [2.75, 3.05) is 13.1 Å². The number of phenols is 1. The number of phenolic OH excluding ortho intramolecular Hbond substituents is 1. The summed E-state index contributed by atoms with van der Waals surface area (Å²) in [5.41, 5.74) is 6.63. The number of nitrogens with one attached hydrogen (secondary N) is 1. The number of nitrogens with two attached hydrogens (primary N) is 1. The van der Waals surface area contributed by atoms with Crippen molar-refractivity contribution in [1.82, 2.24) is 5.32 Å². The molecule has 1 aromatic rings. The van der Waals surface area contributed by atoms with Gasteiger partial charge in [-0.3, -0.25) is 4.79 Å². The van der Waals surface area contributed by atoms with E-state index in [-0.39, 0.29) is 17.1 Å². The predicted molar refractivity (Wildman–Crippen MR) is 72.6 cm³/mol. The molecule has 0 bridgehead atoms. The number of aromatic hydroxyl groups is 1. The van der Waals surface area contributed by atoms with Gasteiger partial charge in [0.1, 0.15) is 5.75 Å². The lowest BCUT2D eigenvalue weighted by Crippen LogP contribution is -2.35. The maximum absolute atomic E-state index is 12.0. The van der Waals surface area contributed by atoms with Gasteiger partial charge in [0.2, 0.25) is 0 Å². The van der Waals surface area contributed by atoms with E-state index in [4.69, 9.17) is 5.73 Å². The summed E-state index contributed by atoms with van der Waals surface area (Å²) in [4.78, 5) is 12.0. The summed E-state index contributed by atoms with van der Waals surface area (Å²) in [7, 11) is 0. The standard InChI is InChI=1S/C14H22N2O2/c1-10-11(5-4-6-12(10)17)13(18)16-9-14(2,3)7-8-15/h4-6,17H,7-9,15H2,1-3H3,(H,16,18). The van der Waals surface area contributed by atoms with Crippen molar-refractivity contribution in [3.63, 3.8) is 0 Å². The Kier molecular flexibility index (Phi) is 4.73. The van der Waals surface area contributed by atoms with Crippen molar-refractivity contribution < 1.29 is 9.90 Å². The van der Waals surface area contributed by atoms with Gasteiger partial charge in [-0.15, -0.1) is 0 Å². The smallest absolute Gasteiger partial charge is 0.251 e. The highest BCUT2D eigenvalue weighted by Crippen LogP contribution is 2.21. The molecule has 0 saturated heterocycles. The van der Waals surface area contributed by atoms with Crippen LogP contribution in [0.15, 0.2) is 18.2 Å². The zero-order valence-corrected chi connectivity index (χ0v) is 11.3. The largest absolute Gasteiger partial charge is 0.508 e. The van der Waals surface area contributed by atoms with Crippen LogP contribution in [0.5, 0.6) is 5.75 Å². The minimum absolute atomic E-state index is 0.0187. The molecule has 0 heterocycles. The van der Waals surface area contributed by atoms with Crippen LogP contribution in [-0.2, 0) is 0 Å². The molecule has 4 nitrogen and oxygen atoms in total. The van der Waals surface area contributed by atoms with Crippen LogP contribution in [0.1, 0.15) is 36.2 Å². The average molecular weight is 250 g/mol. The predicted octanol–water partition coefficient (Wildman–Crippen LogP) is 1.81. The van der Waals surface area contributed by atoms with Crippen LogP contribution in [0, 0.1) is 12.3 Å². The molecule has 0 aliphatic carbocycles. The van der Waals surface area contributed by atoms with Gasteiger partial charge in [-0.1, -0.05) is 19.9 Å². The minimum atomic E-state index is -0.159. The summed E-state index contributed by atoms with van der Waals surface area (Å²) in [5, 5.41) is 12.5. The summed E-state index contributed by atoms with van der Waals surface area (Å²) >= 11 is 0. The fraction of sp³-hybridized carbons (Fsp3) is 0.500. The van der Waals surface area contributed by atoms with Crippen molar-refractivity contribution in [2.24, 2.45) is 11.1 Å². The SMILES string of the molecule is Cc1c(O)cccc1C(=O)NCC(C)(C)CCN. The molecule has 0 aliphatic rings. The zero-order chi connectivity index (χ0) is 13.8. The van der Waals surface area contributed by atoms with E-state index in [0.29, 0.717) is 24.2 Å². The molecule has 0 aliphatic heterocycles. The van der Waals surface area contributed by atoms with Crippen LogP contribution in [0.3, 0.4) is 0 Å². The van der Waals surface area contributed by atoms with Crippen molar-refractivity contribution in [2.45, 2.75) is 27.2 Å². The molecule has 0 spiro atoms. The van der Waals surface area contributed by atoms with E-state index < -0.39 is 0 Å². The third-order valence-corrected chi connectivity index (χ3v) is 3.10. The van der Waals surface area contributed by atoms with E-state index in [9.17, 15) is 9.90 Å². The second kappa shape index (κ2) is 5.87. The van der Waals surface area contributed by atoms with Gasteiger partial charge in [0.05, 0.1) is 0 Å². The molecule has 4 heteroatoms. The molecular weight excluding hydrogens is 228 g/mol. The molecule has 0 saturated carbocycles. The highest BCUT2D eigenvalue weighted by atomic mass is 16.3. The number of rotatable bonds is 5. The normalized spacial score (nSPS) is 11.3. The second-order valence-corrected chi connectivity index (χ2v) is 5.34. The van der Waals surface area contributed by atoms with E-state index in [1.54, 1.807) is 25.1 Å². The van der Waals surface area contributed by atoms with Crippen LogP contribution in [-0.4, -0.2) is 24.1 Å². The molecule has 0 atom stereocenters. The van der Waals surface area contributed by atoms with Gasteiger partial charge >= 0.3 is 0 Å². The molecule has 1 rings (SSSR count). The fourth-order valence-electron chi connectivity index (χ4n) is 1.76. The van der Waals surface area contributed by atoms with E-state index in [0.717, 1.165) is 6.42 Å². The van der Waals surface area contributed by atoms with Crippen molar-refractivity contribution in [1.29, 1.82) is 0 Å². The van der Waals surface area contributed by atoms with Crippen LogP contribution in [0.25, 0.3) is 0 Å². The van der Waals surface area contributed by atoms with Crippen molar-refractivity contribution in [3.05, 3.63) is 29.3 Å². The van der Waals surface area contributed by atoms with Gasteiger partial charge < -0.3 is 16.2 Å². The molecule has 0 aromatic heterocycles. The maximum atomic E-state index is 12.0. The van der Waals surface area contributed by atoms with Gasteiger partial charge in [-0.2, -0.15) is 0 Å². The Morgan fingerprint density at radius 3 is 2.72 bits per heavy atom. The third kappa shape index (κ3) is 3.74.